The molecule has 0 bridgehead atoms. The fourth-order valence-electron chi connectivity index (χ4n) is 2.53. The van der Waals surface area contributed by atoms with Crippen molar-refractivity contribution in [2.24, 2.45) is 0 Å². The van der Waals surface area contributed by atoms with Crippen molar-refractivity contribution >= 4 is 38.6 Å². The van der Waals surface area contributed by atoms with Crippen LogP contribution in [0, 0.1) is 0 Å². The molecule has 0 saturated carbocycles. The second-order valence-corrected chi connectivity index (χ2v) is 6.65. The number of hydrogen-bond donors (Lipinski definition) is 0. The van der Waals surface area contributed by atoms with Crippen LogP contribution in [0.4, 0.5) is 0 Å². The average Bonchev–Trinajstić information content (AvgIpc) is 2.86. The Hall–Kier alpha value is -1.32. The zero-order valence-electron chi connectivity index (χ0n) is 12.0. The molecule has 1 unspecified atom stereocenters. The first kappa shape index (κ1) is 14.6. The number of halogens is 2. The Bertz CT molecular complexity index is 793. The lowest BCUT2D eigenvalue weighted by Crippen LogP contribution is -2.02. The van der Waals surface area contributed by atoms with Crippen LogP contribution in [0.3, 0.4) is 0 Å². The number of fused-ring (bicyclic) bond motifs is 1. The first-order valence-electron chi connectivity index (χ1n) is 7.01. The molecule has 4 heteroatoms. The van der Waals surface area contributed by atoms with Crippen molar-refractivity contribution in [1.29, 1.82) is 0 Å². The van der Waals surface area contributed by atoms with Crippen molar-refractivity contribution in [3.8, 4) is 5.69 Å². The van der Waals surface area contributed by atoms with Gasteiger partial charge in [0.2, 0.25) is 0 Å². The van der Waals surface area contributed by atoms with E-state index in [-0.39, 0.29) is 5.38 Å². The highest BCUT2D eigenvalue weighted by Crippen LogP contribution is 2.30. The van der Waals surface area contributed by atoms with Gasteiger partial charge in [-0.2, -0.15) is 0 Å². The summed E-state index contributed by atoms with van der Waals surface area (Å²) in [6.07, 6.45) is 1.01. The van der Waals surface area contributed by atoms with Gasteiger partial charge in [0.05, 0.1) is 16.4 Å². The fraction of sp³-hybridized carbons (Fsp3) is 0.235. The topological polar surface area (TPSA) is 17.8 Å². The average molecular weight is 364 g/mol. The minimum absolute atomic E-state index is 0.151. The van der Waals surface area contributed by atoms with E-state index in [4.69, 9.17) is 16.6 Å². The molecule has 1 atom stereocenters. The molecule has 0 aliphatic heterocycles. The van der Waals surface area contributed by atoms with Crippen molar-refractivity contribution in [3.05, 3.63) is 58.3 Å². The molecular weight excluding hydrogens is 348 g/mol. The summed E-state index contributed by atoms with van der Waals surface area (Å²) in [7, 11) is 0. The Morgan fingerprint density at radius 3 is 2.76 bits per heavy atom. The Labute approximate surface area is 137 Å². The number of aryl methyl sites for hydroxylation is 1. The second-order valence-electron chi connectivity index (χ2n) is 5.08. The predicted octanol–water partition coefficient (Wildman–Crippen LogP) is 5.65. The van der Waals surface area contributed by atoms with Gasteiger partial charge < -0.3 is 0 Å². The lowest BCUT2D eigenvalue weighted by Gasteiger charge is -2.11. The molecule has 3 rings (SSSR count). The van der Waals surface area contributed by atoms with Gasteiger partial charge >= 0.3 is 0 Å². The predicted molar refractivity (Wildman–Crippen MR) is 92.4 cm³/mol. The number of nitrogens with zero attached hydrogens (tertiary/aromatic N) is 2. The van der Waals surface area contributed by atoms with Crippen LogP contribution in [0.5, 0.6) is 0 Å². The van der Waals surface area contributed by atoms with E-state index in [0.29, 0.717) is 0 Å². The fourth-order valence-corrected chi connectivity index (χ4v) is 3.02. The van der Waals surface area contributed by atoms with Gasteiger partial charge in [0.1, 0.15) is 5.82 Å². The quantitative estimate of drug-likeness (QED) is 0.550. The number of benzene rings is 2. The monoisotopic (exact) mass is 362 g/mol. The summed E-state index contributed by atoms with van der Waals surface area (Å²) in [6, 6.07) is 14.7. The molecule has 108 valence electrons. The van der Waals surface area contributed by atoms with E-state index in [2.05, 4.69) is 57.8 Å². The zero-order valence-corrected chi connectivity index (χ0v) is 14.3. The van der Waals surface area contributed by atoms with Crippen LogP contribution in [0.25, 0.3) is 16.7 Å². The van der Waals surface area contributed by atoms with Crippen molar-refractivity contribution in [2.45, 2.75) is 25.6 Å². The number of rotatable bonds is 3. The highest BCUT2D eigenvalue weighted by atomic mass is 79.9. The van der Waals surface area contributed by atoms with Crippen LogP contribution in [-0.4, -0.2) is 9.55 Å². The molecule has 1 aromatic heterocycles. The summed E-state index contributed by atoms with van der Waals surface area (Å²) in [5.74, 6) is 0.873. The lowest BCUT2D eigenvalue weighted by atomic mass is 10.1. The number of imidazole rings is 1. The lowest BCUT2D eigenvalue weighted by molar-refractivity contribution is 0.881. The molecule has 0 aliphatic rings. The Morgan fingerprint density at radius 1 is 1.24 bits per heavy atom. The molecule has 0 saturated heterocycles. The van der Waals surface area contributed by atoms with Crippen molar-refractivity contribution < 1.29 is 0 Å². The maximum Gasteiger partial charge on any atom is 0.132 e. The molecule has 3 aromatic rings. The number of alkyl halides is 1. The summed E-state index contributed by atoms with van der Waals surface area (Å²) >= 11 is 9.85. The van der Waals surface area contributed by atoms with Crippen LogP contribution < -0.4 is 0 Å². The third kappa shape index (κ3) is 2.72. The second kappa shape index (κ2) is 5.82. The van der Waals surface area contributed by atoms with E-state index >= 15 is 0 Å². The van der Waals surface area contributed by atoms with Crippen molar-refractivity contribution in [3.63, 3.8) is 0 Å². The number of aromatic nitrogens is 2. The normalized spacial score (nSPS) is 12.8. The minimum Gasteiger partial charge on any atom is -0.295 e. The van der Waals surface area contributed by atoms with Gasteiger partial charge in [0, 0.05) is 10.2 Å². The van der Waals surface area contributed by atoms with Gasteiger partial charge in [-0.25, -0.2) is 4.98 Å². The van der Waals surface area contributed by atoms with E-state index in [1.54, 1.807) is 0 Å². The van der Waals surface area contributed by atoms with E-state index in [9.17, 15) is 0 Å². The maximum absolute atomic E-state index is 6.35. The first-order chi connectivity index (χ1) is 10.1. The largest absolute Gasteiger partial charge is 0.295 e. The number of hydrogen-bond acceptors (Lipinski definition) is 1. The van der Waals surface area contributed by atoms with Gasteiger partial charge in [0.15, 0.2) is 0 Å². The summed E-state index contributed by atoms with van der Waals surface area (Å²) < 4.78 is 3.18. The van der Waals surface area contributed by atoms with E-state index in [1.807, 2.05) is 19.1 Å². The molecule has 1 heterocycles. The molecule has 21 heavy (non-hydrogen) atoms. The summed E-state index contributed by atoms with van der Waals surface area (Å²) in [5, 5.41) is -0.151. The Kier molecular flexibility index (Phi) is 4.05. The highest BCUT2D eigenvalue weighted by Gasteiger charge is 2.16. The molecule has 0 fully saturated rings. The molecule has 2 aromatic carbocycles. The summed E-state index contributed by atoms with van der Waals surface area (Å²) in [4.78, 5) is 4.71. The standard InChI is InChI=1S/C17H16BrClN2/c1-3-12-5-4-6-14(9-12)21-16-8-7-13(18)10-15(16)20-17(21)11(2)19/h4-11H,3H2,1-2H3. The Balaban J connectivity index is 2.30. The summed E-state index contributed by atoms with van der Waals surface area (Å²) in [6.45, 7) is 4.12. The van der Waals surface area contributed by atoms with E-state index in [0.717, 1.165) is 33.4 Å². The van der Waals surface area contributed by atoms with Crippen molar-refractivity contribution in [1.82, 2.24) is 9.55 Å². The van der Waals surface area contributed by atoms with E-state index in [1.165, 1.54) is 5.56 Å². The third-order valence-corrected chi connectivity index (χ3v) is 4.26. The van der Waals surface area contributed by atoms with Crippen LogP contribution in [0.1, 0.15) is 30.6 Å². The van der Waals surface area contributed by atoms with Gasteiger partial charge in [-0.15, -0.1) is 11.6 Å². The van der Waals surface area contributed by atoms with E-state index < -0.39 is 0 Å². The molecule has 0 spiro atoms. The third-order valence-electron chi connectivity index (χ3n) is 3.58. The maximum atomic E-state index is 6.35. The molecule has 0 radical (unpaired) electrons. The van der Waals surface area contributed by atoms with Crippen LogP contribution in [0.2, 0.25) is 0 Å². The highest BCUT2D eigenvalue weighted by molar-refractivity contribution is 9.10. The van der Waals surface area contributed by atoms with Gasteiger partial charge in [-0.05, 0) is 49.2 Å². The Morgan fingerprint density at radius 2 is 2.05 bits per heavy atom. The first-order valence-corrected chi connectivity index (χ1v) is 8.24. The van der Waals surface area contributed by atoms with Crippen LogP contribution in [0.15, 0.2) is 46.9 Å². The molecule has 0 aliphatic carbocycles. The zero-order chi connectivity index (χ0) is 15.0. The molecule has 0 N–H and O–H groups in total. The summed E-state index contributed by atoms with van der Waals surface area (Å²) in [5.41, 5.74) is 4.45. The smallest absolute Gasteiger partial charge is 0.132 e. The van der Waals surface area contributed by atoms with Crippen molar-refractivity contribution in [2.75, 3.05) is 0 Å². The van der Waals surface area contributed by atoms with Crippen LogP contribution >= 0.6 is 27.5 Å². The van der Waals surface area contributed by atoms with Gasteiger partial charge in [-0.1, -0.05) is 35.0 Å². The molecule has 0 amide bonds. The molecular formula is C17H16BrClN2. The van der Waals surface area contributed by atoms with Gasteiger partial charge in [0.25, 0.3) is 0 Å². The van der Waals surface area contributed by atoms with Gasteiger partial charge in [-0.3, -0.25) is 4.57 Å². The minimum atomic E-state index is -0.151. The van der Waals surface area contributed by atoms with Crippen LogP contribution in [-0.2, 0) is 6.42 Å². The SMILES string of the molecule is CCc1cccc(-n2c(C(C)Cl)nc3cc(Br)ccc32)c1. The molecule has 2 nitrogen and oxygen atoms in total.